The number of hydrogen-bond acceptors (Lipinski definition) is 3. The van der Waals surface area contributed by atoms with Gasteiger partial charge in [-0.3, -0.25) is 4.99 Å². The van der Waals surface area contributed by atoms with E-state index in [0.717, 1.165) is 18.4 Å². The van der Waals surface area contributed by atoms with E-state index in [4.69, 9.17) is 4.99 Å². The first-order valence-corrected chi connectivity index (χ1v) is 8.39. The predicted octanol–water partition coefficient (Wildman–Crippen LogP) is 2.85. The Kier molecular flexibility index (Phi) is 4.89. The van der Waals surface area contributed by atoms with Gasteiger partial charge in [-0.25, -0.2) is 0 Å². The molecule has 2 atom stereocenters. The molecular weight excluding hydrogens is 236 g/mol. The number of rotatable bonds is 4. The van der Waals surface area contributed by atoms with Crippen LogP contribution in [0.3, 0.4) is 0 Å². The van der Waals surface area contributed by atoms with Gasteiger partial charge in [0.25, 0.3) is 0 Å². The van der Waals surface area contributed by atoms with E-state index < -0.39 is 0 Å². The van der Waals surface area contributed by atoms with Crippen LogP contribution in [0, 0.1) is 11.8 Å². The van der Waals surface area contributed by atoms with Crippen molar-refractivity contribution in [2.24, 2.45) is 16.8 Å². The van der Waals surface area contributed by atoms with Crippen LogP contribution >= 0.6 is 23.5 Å². The average molecular weight is 258 g/mol. The summed E-state index contributed by atoms with van der Waals surface area (Å²) in [5.74, 6) is 5.48. The highest BCUT2D eigenvalue weighted by molar-refractivity contribution is 8.14. The van der Waals surface area contributed by atoms with Crippen molar-refractivity contribution in [2.75, 3.05) is 23.8 Å². The van der Waals surface area contributed by atoms with Crippen molar-refractivity contribution < 1.29 is 0 Å². The maximum atomic E-state index is 4.72. The van der Waals surface area contributed by atoms with Crippen molar-refractivity contribution >= 4 is 28.7 Å². The summed E-state index contributed by atoms with van der Waals surface area (Å²) >= 11 is 3.99. The zero-order chi connectivity index (χ0) is 11.4. The van der Waals surface area contributed by atoms with Gasteiger partial charge in [0.05, 0.1) is 0 Å². The molecule has 0 aromatic heterocycles. The minimum atomic E-state index is 0.654. The smallest absolute Gasteiger partial charge is 0.156 e. The van der Waals surface area contributed by atoms with Crippen LogP contribution in [-0.4, -0.2) is 35.0 Å². The Morgan fingerprint density at radius 3 is 3.00 bits per heavy atom. The molecule has 2 rings (SSSR count). The lowest BCUT2D eigenvalue weighted by molar-refractivity contribution is 0.502. The zero-order valence-corrected chi connectivity index (χ0v) is 11.9. The number of nitrogens with one attached hydrogen (secondary N) is 1. The molecule has 4 heteroatoms. The topological polar surface area (TPSA) is 24.4 Å². The Labute approximate surface area is 107 Å². The largest absolute Gasteiger partial charge is 0.361 e. The van der Waals surface area contributed by atoms with Crippen LogP contribution in [0.5, 0.6) is 0 Å². The van der Waals surface area contributed by atoms with E-state index >= 15 is 0 Å². The molecule has 2 heterocycles. The van der Waals surface area contributed by atoms with Gasteiger partial charge in [0, 0.05) is 18.3 Å². The van der Waals surface area contributed by atoms with Crippen LogP contribution in [0.4, 0.5) is 0 Å². The van der Waals surface area contributed by atoms with E-state index in [9.17, 15) is 0 Å². The summed E-state index contributed by atoms with van der Waals surface area (Å²) in [7, 11) is 0. The van der Waals surface area contributed by atoms with Crippen LogP contribution in [0.15, 0.2) is 4.99 Å². The van der Waals surface area contributed by atoms with E-state index in [1.807, 2.05) is 11.8 Å². The van der Waals surface area contributed by atoms with E-state index in [1.165, 1.54) is 35.3 Å². The first-order chi connectivity index (χ1) is 7.74. The lowest BCUT2D eigenvalue weighted by Crippen LogP contribution is -2.28. The van der Waals surface area contributed by atoms with Crippen LogP contribution in [0.2, 0.25) is 0 Å². The SMILES string of the molecule is CC(C)CC1CSC(=NCC2CCSC2)N1. The van der Waals surface area contributed by atoms with Gasteiger partial charge in [0.15, 0.2) is 5.17 Å². The van der Waals surface area contributed by atoms with Gasteiger partial charge in [-0.1, -0.05) is 25.6 Å². The number of nitrogens with zero attached hydrogens (tertiary/aromatic N) is 1. The molecule has 2 aliphatic rings. The first-order valence-electron chi connectivity index (χ1n) is 6.25. The van der Waals surface area contributed by atoms with Crippen LogP contribution in [0.1, 0.15) is 26.7 Å². The second-order valence-corrected chi connectivity index (χ2v) is 7.32. The molecule has 0 aliphatic carbocycles. The van der Waals surface area contributed by atoms with E-state index in [1.54, 1.807) is 0 Å². The van der Waals surface area contributed by atoms with Crippen molar-refractivity contribution in [1.29, 1.82) is 0 Å². The van der Waals surface area contributed by atoms with Crippen molar-refractivity contribution in [3.05, 3.63) is 0 Å². The van der Waals surface area contributed by atoms with Crippen molar-refractivity contribution in [3.63, 3.8) is 0 Å². The molecule has 0 radical (unpaired) electrons. The maximum Gasteiger partial charge on any atom is 0.156 e. The molecule has 2 nitrogen and oxygen atoms in total. The van der Waals surface area contributed by atoms with Gasteiger partial charge in [-0.2, -0.15) is 11.8 Å². The van der Waals surface area contributed by atoms with Crippen molar-refractivity contribution in [3.8, 4) is 0 Å². The number of thioether (sulfide) groups is 2. The Morgan fingerprint density at radius 2 is 2.31 bits per heavy atom. The highest BCUT2D eigenvalue weighted by Crippen LogP contribution is 2.24. The highest BCUT2D eigenvalue weighted by atomic mass is 32.2. The van der Waals surface area contributed by atoms with Crippen LogP contribution < -0.4 is 5.32 Å². The summed E-state index contributed by atoms with van der Waals surface area (Å²) in [5, 5.41) is 4.75. The van der Waals surface area contributed by atoms with E-state index in [0.29, 0.717) is 6.04 Å². The average Bonchev–Trinajstić information content (AvgIpc) is 2.84. The molecule has 16 heavy (non-hydrogen) atoms. The number of aliphatic imine (C=N–C) groups is 1. The van der Waals surface area contributed by atoms with Gasteiger partial charge in [0.2, 0.25) is 0 Å². The molecule has 2 saturated heterocycles. The minimum Gasteiger partial charge on any atom is -0.361 e. The third-order valence-corrected chi connectivity index (χ3v) is 5.34. The fraction of sp³-hybridized carbons (Fsp3) is 0.917. The van der Waals surface area contributed by atoms with E-state index in [2.05, 4.69) is 30.9 Å². The van der Waals surface area contributed by atoms with Gasteiger partial charge in [0.1, 0.15) is 0 Å². The van der Waals surface area contributed by atoms with E-state index in [-0.39, 0.29) is 0 Å². The fourth-order valence-corrected chi connectivity index (χ4v) is 4.43. The van der Waals surface area contributed by atoms with Gasteiger partial charge in [-0.05, 0) is 36.2 Å². The monoisotopic (exact) mass is 258 g/mol. The molecule has 0 saturated carbocycles. The number of hydrogen-bond donors (Lipinski definition) is 1. The summed E-state index contributed by atoms with van der Waals surface area (Å²) in [6, 6.07) is 0.654. The van der Waals surface area contributed by atoms with Crippen LogP contribution in [0.25, 0.3) is 0 Å². The summed E-state index contributed by atoms with van der Waals surface area (Å²) < 4.78 is 0. The summed E-state index contributed by atoms with van der Waals surface area (Å²) in [6.07, 6.45) is 2.63. The molecule has 92 valence electrons. The summed E-state index contributed by atoms with van der Waals surface area (Å²) in [4.78, 5) is 4.72. The molecule has 0 spiro atoms. The van der Waals surface area contributed by atoms with Gasteiger partial charge < -0.3 is 5.32 Å². The van der Waals surface area contributed by atoms with Gasteiger partial charge in [-0.15, -0.1) is 0 Å². The summed E-state index contributed by atoms with van der Waals surface area (Å²) in [5.41, 5.74) is 0. The molecular formula is C12H22N2S2. The third kappa shape index (κ3) is 3.88. The maximum absolute atomic E-state index is 4.72. The molecule has 0 amide bonds. The Bertz CT molecular complexity index is 247. The van der Waals surface area contributed by atoms with Crippen LogP contribution in [-0.2, 0) is 0 Å². The Hall–Kier alpha value is 0.170. The normalized spacial score (nSPS) is 32.6. The highest BCUT2D eigenvalue weighted by Gasteiger charge is 2.21. The Balaban J connectivity index is 1.72. The molecule has 1 N–H and O–H groups in total. The molecule has 2 fully saturated rings. The van der Waals surface area contributed by atoms with Crippen molar-refractivity contribution in [2.45, 2.75) is 32.7 Å². The summed E-state index contributed by atoms with van der Waals surface area (Å²) in [6.45, 7) is 5.62. The third-order valence-electron chi connectivity index (χ3n) is 3.02. The second-order valence-electron chi connectivity index (χ2n) is 5.16. The van der Waals surface area contributed by atoms with Gasteiger partial charge >= 0.3 is 0 Å². The molecule has 2 unspecified atom stereocenters. The minimum absolute atomic E-state index is 0.654. The zero-order valence-electron chi connectivity index (χ0n) is 10.2. The molecule has 0 aromatic carbocycles. The first kappa shape index (κ1) is 12.6. The molecule has 0 bridgehead atoms. The predicted molar refractivity (Wildman–Crippen MR) is 76.6 cm³/mol. The number of amidine groups is 1. The second kappa shape index (κ2) is 6.20. The molecule has 0 aromatic rings. The quantitative estimate of drug-likeness (QED) is 0.839. The molecule has 2 aliphatic heterocycles. The fourth-order valence-electron chi connectivity index (χ4n) is 2.16. The standard InChI is InChI=1S/C12H22N2S2/c1-9(2)5-11-8-16-12(14-11)13-6-10-3-4-15-7-10/h9-11H,3-8H2,1-2H3,(H,13,14). The van der Waals surface area contributed by atoms with Crippen molar-refractivity contribution in [1.82, 2.24) is 5.32 Å². The lowest BCUT2D eigenvalue weighted by Gasteiger charge is -2.12. The Morgan fingerprint density at radius 1 is 1.44 bits per heavy atom. The lowest BCUT2D eigenvalue weighted by atomic mass is 10.1.